The molecule has 1 aromatic rings. The number of nitrogens with two attached hydrogens (primary N) is 1. The highest BCUT2D eigenvalue weighted by Crippen LogP contribution is 2.29. The van der Waals surface area contributed by atoms with Gasteiger partial charge in [0.15, 0.2) is 5.82 Å². The van der Waals surface area contributed by atoms with Gasteiger partial charge in [0, 0.05) is 18.6 Å². The van der Waals surface area contributed by atoms with Gasteiger partial charge in [-0.05, 0) is 43.8 Å². The molecule has 2 aliphatic rings. The average molecular weight is 268 g/mol. The molecule has 0 bridgehead atoms. The lowest BCUT2D eigenvalue weighted by Crippen LogP contribution is -2.42. The molecule has 2 atom stereocenters. The Hall–Kier alpha value is -1.07. The topological polar surface area (TPSA) is 67.1 Å². The van der Waals surface area contributed by atoms with E-state index in [-0.39, 0.29) is 5.28 Å². The maximum absolute atomic E-state index is 5.86. The molecule has 6 heteroatoms. The molecular formula is C12H18ClN5. The smallest absolute Gasteiger partial charge is 0.224 e. The molecule has 98 valence electrons. The summed E-state index contributed by atoms with van der Waals surface area (Å²) in [7, 11) is 0. The van der Waals surface area contributed by atoms with Gasteiger partial charge >= 0.3 is 0 Å². The van der Waals surface area contributed by atoms with Crippen LogP contribution in [0.15, 0.2) is 6.20 Å². The van der Waals surface area contributed by atoms with Crippen molar-refractivity contribution in [3.05, 3.63) is 11.5 Å². The fraction of sp³-hybridized carbons (Fsp3) is 0.667. The molecule has 18 heavy (non-hydrogen) atoms. The number of fused-ring (bicyclic) bond motifs is 1. The average Bonchev–Trinajstić information content (AvgIpc) is 2.81. The van der Waals surface area contributed by atoms with Crippen molar-refractivity contribution in [2.75, 3.05) is 24.1 Å². The minimum absolute atomic E-state index is 0.241. The van der Waals surface area contributed by atoms with Crippen molar-refractivity contribution >= 4 is 23.1 Å². The highest BCUT2D eigenvalue weighted by atomic mass is 35.5. The molecule has 1 aromatic heterocycles. The van der Waals surface area contributed by atoms with E-state index in [0.717, 1.165) is 12.5 Å². The van der Waals surface area contributed by atoms with Gasteiger partial charge in [0.2, 0.25) is 5.28 Å². The van der Waals surface area contributed by atoms with Gasteiger partial charge in [0.25, 0.3) is 0 Å². The summed E-state index contributed by atoms with van der Waals surface area (Å²) in [6.45, 7) is 2.43. The lowest BCUT2D eigenvalue weighted by molar-refractivity contribution is 0.188. The summed E-state index contributed by atoms with van der Waals surface area (Å²) in [4.78, 5) is 10.6. The minimum atomic E-state index is 0.241. The molecule has 0 saturated carbocycles. The van der Waals surface area contributed by atoms with Crippen LogP contribution in [-0.2, 0) is 0 Å². The second-order valence-corrected chi connectivity index (χ2v) is 5.48. The number of anilines is 2. The van der Waals surface area contributed by atoms with Crippen molar-refractivity contribution in [3.63, 3.8) is 0 Å². The fourth-order valence-corrected chi connectivity index (χ4v) is 3.17. The Bertz CT molecular complexity index is 438. The van der Waals surface area contributed by atoms with Gasteiger partial charge in [-0.15, -0.1) is 0 Å². The summed E-state index contributed by atoms with van der Waals surface area (Å²) in [5.41, 5.74) is 6.42. The number of halogens is 1. The molecule has 5 nitrogen and oxygen atoms in total. The Kier molecular flexibility index (Phi) is 3.26. The van der Waals surface area contributed by atoms with Crippen LogP contribution >= 0.6 is 11.6 Å². The monoisotopic (exact) mass is 267 g/mol. The minimum Gasteiger partial charge on any atom is -0.394 e. The molecule has 0 radical (unpaired) electrons. The Labute approximate surface area is 112 Å². The molecule has 2 saturated heterocycles. The standard InChI is InChI=1S/C12H18ClN5/c13-12-15-7-10(14)11(17-12)16-8-3-5-18-4-1-2-9(18)6-8/h7-9H,1-6,14H2,(H,15,16,17). The molecule has 2 unspecified atom stereocenters. The van der Waals surface area contributed by atoms with Crippen LogP contribution in [0.25, 0.3) is 0 Å². The van der Waals surface area contributed by atoms with Crippen LogP contribution in [0.3, 0.4) is 0 Å². The van der Waals surface area contributed by atoms with Crippen LogP contribution in [0.4, 0.5) is 11.5 Å². The molecule has 0 aromatic carbocycles. The van der Waals surface area contributed by atoms with Crippen molar-refractivity contribution in [3.8, 4) is 0 Å². The predicted octanol–water partition coefficient (Wildman–Crippen LogP) is 1.75. The summed E-state index contributed by atoms with van der Waals surface area (Å²) < 4.78 is 0. The van der Waals surface area contributed by atoms with Crippen LogP contribution in [-0.4, -0.2) is 40.0 Å². The fourth-order valence-electron chi connectivity index (χ4n) is 3.03. The molecule has 3 N–H and O–H groups in total. The number of rotatable bonds is 2. The molecule has 2 fully saturated rings. The van der Waals surface area contributed by atoms with E-state index in [4.69, 9.17) is 17.3 Å². The van der Waals surface area contributed by atoms with Crippen LogP contribution in [0.2, 0.25) is 5.28 Å². The Morgan fingerprint density at radius 3 is 3.17 bits per heavy atom. The third-order valence-electron chi connectivity index (χ3n) is 3.95. The molecule has 0 aliphatic carbocycles. The number of nitrogen functional groups attached to an aromatic ring is 1. The van der Waals surface area contributed by atoms with E-state index in [1.54, 1.807) is 6.20 Å². The van der Waals surface area contributed by atoms with E-state index < -0.39 is 0 Å². The van der Waals surface area contributed by atoms with E-state index >= 15 is 0 Å². The van der Waals surface area contributed by atoms with Crippen molar-refractivity contribution in [1.29, 1.82) is 0 Å². The van der Waals surface area contributed by atoms with Crippen molar-refractivity contribution in [2.24, 2.45) is 0 Å². The molecule has 3 rings (SSSR count). The van der Waals surface area contributed by atoms with E-state index in [1.165, 1.54) is 32.4 Å². The van der Waals surface area contributed by atoms with E-state index in [9.17, 15) is 0 Å². The third kappa shape index (κ3) is 2.37. The van der Waals surface area contributed by atoms with Crippen LogP contribution in [0.5, 0.6) is 0 Å². The van der Waals surface area contributed by atoms with Gasteiger partial charge in [-0.2, -0.15) is 4.98 Å². The second kappa shape index (κ2) is 4.90. The maximum Gasteiger partial charge on any atom is 0.224 e. The van der Waals surface area contributed by atoms with Gasteiger partial charge in [0.05, 0.1) is 11.9 Å². The zero-order valence-corrected chi connectivity index (χ0v) is 11.0. The maximum atomic E-state index is 5.86. The third-order valence-corrected chi connectivity index (χ3v) is 4.13. The van der Waals surface area contributed by atoms with Crippen LogP contribution in [0, 0.1) is 0 Å². The molecule has 2 aliphatic heterocycles. The number of piperidine rings is 1. The first-order valence-corrected chi connectivity index (χ1v) is 6.89. The van der Waals surface area contributed by atoms with Gasteiger partial charge in [-0.3, -0.25) is 0 Å². The van der Waals surface area contributed by atoms with E-state index in [0.29, 0.717) is 17.5 Å². The van der Waals surface area contributed by atoms with E-state index in [2.05, 4.69) is 20.2 Å². The first-order chi connectivity index (χ1) is 8.72. The molecule has 3 heterocycles. The van der Waals surface area contributed by atoms with E-state index in [1.807, 2.05) is 0 Å². The lowest BCUT2D eigenvalue weighted by atomic mass is 9.97. The van der Waals surface area contributed by atoms with Crippen molar-refractivity contribution < 1.29 is 0 Å². The van der Waals surface area contributed by atoms with Crippen molar-refractivity contribution in [1.82, 2.24) is 14.9 Å². The summed E-state index contributed by atoms with van der Waals surface area (Å²) in [5.74, 6) is 0.673. The highest BCUT2D eigenvalue weighted by molar-refractivity contribution is 6.28. The predicted molar refractivity (Wildman–Crippen MR) is 72.7 cm³/mol. The first-order valence-electron chi connectivity index (χ1n) is 6.51. The Morgan fingerprint density at radius 2 is 2.28 bits per heavy atom. The number of aromatic nitrogens is 2. The number of hydrogen-bond acceptors (Lipinski definition) is 5. The second-order valence-electron chi connectivity index (χ2n) is 5.14. The summed E-state index contributed by atoms with van der Waals surface area (Å²) in [6.07, 6.45) is 6.51. The zero-order chi connectivity index (χ0) is 12.5. The summed E-state index contributed by atoms with van der Waals surface area (Å²) in [6, 6.07) is 1.17. The highest BCUT2D eigenvalue weighted by Gasteiger charge is 2.31. The number of nitrogens with one attached hydrogen (secondary N) is 1. The van der Waals surface area contributed by atoms with Gasteiger partial charge in [0.1, 0.15) is 0 Å². The Balaban J connectivity index is 1.67. The molecular weight excluding hydrogens is 250 g/mol. The van der Waals surface area contributed by atoms with Gasteiger partial charge < -0.3 is 16.0 Å². The summed E-state index contributed by atoms with van der Waals surface area (Å²) in [5, 5.41) is 3.66. The van der Waals surface area contributed by atoms with Crippen LogP contribution < -0.4 is 11.1 Å². The van der Waals surface area contributed by atoms with Crippen molar-refractivity contribution in [2.45, 2.75) is 37.8 Å². The number of nitrogens with zero attached hydrogens (tertiary/aromatic N) is 3. The van der Waals surface area contributed by atoms with Gasteiger partial charge in [-0.1, -0.05) is 0 Å². The normalized spacial score (nSPS) is 28.1. The lowest BCUT2D eigenvalue weighted by Gasteiger charge is -2.35. The quantitative estimate of drug-likeness (QED) is 0.799. The van der Waals surface area contributed by atoms with Crippen LogP contribution in [0.1, 0.15) is 25.7 Å². The number of hydrogen-bond donors (Lipinski definition) is 2. The Morgan fingerprint density at radius 1 is 1.39 bits per heavy atom. The summed E-state index contributed by atoms with van der Waals surface area (Å²) >= 11 is 5.80. The molecule has 0 spiro atoms. The SMILES string of the molecule is Nc1cnc(Cl)nc1NC1CCN2CCCC2C1. The first kappa shape index (κ1) is 12.0. The van der Waals surface area contributed by atoms with Gasteiger partial charge in [-0.25, -0.2) is 4.98 Å². The largest absolute Gasteiger partial charge is 0.394 e. The molecule has 0 amide bonds. The zero-order valence-electron chi connectivity index (χ0n) is 10.3.